The average molecular weight is 261 g/mol. The van der Waals surface area contributed by atoms with Crippen molar-refractivity contribution < 1.29 is 9.47 Å². The number of methoxy groups -OCH3 is 2. The van der Waals surface area contributed by atoms with E-state index in [0.717, 1.165) is 17.0 Å². The highest BCUT2D eigenvalue weighted by atomic mass is 16.5. The first kappa shape index (κ1) is 13.4. The number of hydrogen-bond acceptors (Lipinski definition) is 4. The monoisotopic (exact) mass is 261 g/mol. The molecule has 0 spiro atoms. The Morgan fingerprint density at radius 1 is 1.21 bits per heavy atom. The molecule has 102 valence electrons. The largest absolute Gasteiger partial charge is 0.493 e. The molecule has 1 atom stereocenters. The number of aromatic nitrogens is 2. The van der Waals surface area contributed by atoms with Gasteiger partial charge in [0.1, 0.15) is 0 Å². The molecule has 0 radical (unpaired) electrons. The van der Waals surface area contributed by atoms with Crippen molar-refractivity contribution in [1.82, 2.24) is 9.78 Å². The van der Waals surface area contributed by atoms with E-state index in [9.17, 15) is 0 Å². The van der Waals surface area contributed by atoms with Crippen molar-refractivity contribution in [1.29, 1.82) is 0 Å². The van der Waals surface area contributed by atoms with Gasteiger partial charge in [-0.1, -0.05) is 6.07 Å². The summed E-state index contributed by atoms with van der Waals surface area (Å²) in [6.07, 6.45) is 2.60. The number of nitrogens with two attached hydrogens (primary N) is 1. The molecule has 5 heteroatoms. The van der Waals surface area contributed by atoms with E-state index in [0.29, 0.717) is 12.2 Å². The SMILES string of the molecule is COc1ccc(CC(N)c2ccn(C)n2)cc1OC. The lowest BCUT2D eigenvalue weighted by Gasteiger charge is -2.12. The van der Waals surface area contributed by atoms with Crippen molar-refractivity contribution in [3.63, 3.8) is 0 Å². The van der Waals surface area contributed by atoms with E-state index < -0.39 is 0 Å². The number of hydrogen-bond donors (Lipinski definition) is 1. The summed E-state index contributed by atoms with van der Waals surface area (Å²) in [5.41, 5.74) is 8.13. The minimum atomic E-state index is -0.126. The number of benzene rings is 1. The third-order valence-corrected chi connectivity index (χ3v) is 3.02. The van der Waals surface area contributed by atoms with E-state index >= 15 is 0 Å². The molecule has 0 fully saturated rings. The van der Waals surface area contributed by atoms with Crippen molar-refractivity contribution in [3.8, 4) is 11.5 Å². The standard InChI is InChI=1S/C14H19N3O2/c1-17-7-6-12(16-17)11(15)8-10-4-5-13(18-2)14(9-10)19-3/h4-7,9,11H,8,15H2,1-3H3. The van der Waals surface area contributed by atoms with Crippen LogP contribution in [0.15, 0.2) is 30.5 Å². The lowest BCUT2D eigenvalue weighted by molar-refractivity contribution is 0.354. The lowest BCUT2D eigenvalue weighted by Crippen LogP contribution is -2.14. The predicted octanol–water partition coefficient (Wildman–Crippen LogP) is 1.68. The van der Waals surface area contributed by atoms with Gasteiger partial charge in [0.05, 0.1) is 26.0 Å². The first-order chi connectivity index (χ1) is 9.13. The van der Waals surface area contributed by atoms with Crippen LogP contribution in [-0.4, -0.2) is 24.0 Å². The molecule has 0 aliphatic heterocycles. The summed E-state index contributed by atoms with van der Waals surface area (Å²) in [5, 5.41) is 4.32. The second-order valence-corrected chi connectivity index (χ2v) is 4.41. The highest BCUT2D eigenvalue weighted by molar-refractivity contribution is 5.43. The van der Waals surface area contributed by atoms with Crippen LogP contribution in [0.1, 0.15) is 17.3 Å². The van der Waals surface area contributed by atoms with Crippen LogP contribution in [0.4, 0.5) is 0 Å². The fourth-order valence-electron chi connectivity index (χ4n) is 2.00. The molecular formula is C14H19N3O2. The number of ether oxygens (including phenoxy) is 2. The van der Waals surface area contributed by atoms with Gasteiger partial charge in [-0.05, 0) is 30.2 Å². The normalized spacial score (nSPS) is 12.2. The minimum absolute atomic E-state index is 0.126. The van der Waals surface area contributed by atoms with Gasteiger partial charge in [-0.2, -0.15) is 5.10 Å². The van der Waals surface area contributed by atoms with Gasteiger partial charge in [0.15, 0.2) is 11.5 Å². The summed E-state index contributed by atoms with van der Waals surface area (Å²) in [5.74, 6) is 1.44. The van der Waals surface area contributed by atoms with E-state index in [-0.39, 0.29) is 6.04 Å². The second kappa shape index (κ2) is 5.75. The molecule has 19 heavy (non-hydrogen) atoms. The molecule has 0 bridgehead atoms. The highest BCUT2D eigenvalue weighted by Gasteiger charge is 2.12. The summed E-state index contributed by atoms with van der Waals surface area (Å²) in [7, 11) is 5.13. The quantitative estimate of drug-likeness (QED) is 0.889. The summed E-state index contributed by atoms with van der Waals surface area (Å²) in [4.78, 5) is 0. The number of nitrogens with zero attached hydrogens (tertiary/aromatic N) is 2. The zero-order chi connectivity index (χ0) is 13.8. The van der Waals surface area contributed by atoms with Gasteiger partial charge < -0.3 is 15.2 Å². The Bertz CT molecular complexity index is 551. The van der Waals surface area contributed by atoms with Gasteiger partial charge in [-0.3, -0.25) is 4.68 Å². The maximum absolute atomic E-state index is 6.15. The first-order valence-electron chi connectivity index (χ1n) is 6.10. The van der Waals surface area contributed by atoms with Gasteiger partial charge >= 0.3 is 0 Å². The van der Waals surface area contributed by atoms with Gasteiger partial charge in [0.2, 0.25) is 0 Å². The van der Waals surface area contributed by atoms with Crippen LogP contribution >= 0.6 is 0 Å². The van der Waals surface area contributed by atoms with Crippen LogP contribution in [0, 0.1) is 0 Å². The van der Waals surface area contributed by atoms with Crippen LogP contribution in [-0.2, 0) is 13.5 Å². The van der Waals surface area contributed by atoms with E-state index in [1.54, 1.807) is 18.9 Å². The molecule has 0 aliphatic rings. The fraction of sp³-hybridized carbons (Fsp3) is 0.357. The van der Waals surface area contributed by atoms with Gasteiger partial charge in [0, 0.05) is 13.2 Å². The van der Waals surface area contributed by atoms with Crippen LogP contribution < -0.4 is 15.2 Å². The smallest absolute Gasteiger partial charge is 0.160 e. The molecule has 0 amide bonds. The van der Waals surface area contributed by atoms with Crippen LogP contribution in [0.2, 0.25) is 0 Å². The third kappa shape index (κ3) is 3.06. The van der Waals surface area contributed by atoms with E-state index in [2.05, 4.69) is 5.10 Å². The Morgan fingerprint density at radius 2 is 1.95 bits per heavy atom. The molecule has 1 aromatic heterocycles. The summed E-state index contributed by atoms with van der Waals surface area (Å²) < 4.78 is 12.2. The molecule has 1 unspecified atom stereocenters. The average Bonchev–Trinajstić information content (AvgIpc) is 2.85. The predicted molar refractivity (Wildman–Crippen MR) is 73.4 cm³/mol. The minimum Gasteiger partial charge on any atom is -0.493 e. The Hall–Kier alpha value is -2.01. The van der Waals surface area contributed by atoms with Crippen molar-refractivity contribution in [2.24, 2.45) is 12.8 Å². The molecular weight excluding hydrogens is 242 g/mol. The van der Waals surface area contributed by atoms with Crippen molar-refractivity contribution in [3.05, 3.63) is 41.7 Å². The maximum Gasteiger partial charge on any atom is 0.160 e. The maximum atomic E-state index is 6.15. The van der Waals surface area contributed by atoms with Crippen molar-refractivity contribution >= 4 is 0 Å². The molecule has 1 heterocycles. The molecule has 2 rings (SSSR count). The topological polar surface area (TPSA) is 62.3 Å². The summed E-state index contributed by atoms with van der Waals surface area (Å²) >= 11 is 0. The molecule has 0 saturated carbocycles. The Labute approximate surface area is 112 Å². The first-order valence-corrected chi connectivity index (χ1v) is 6.10. The Kier molecular flexibility index (Phi) is 4.06. The summed E-state index contributed by atoms with van der Waals surface area (Å²) in [6.45, 7) is 0. The van der Waals surface area contributed by atoms with Crippen LogP contribution in [0.25, 0.3) is 0 Å². The highest BCUT2D eigenvalue weighted by Crippen LogP contribution is 2.28. The molecule has 5 nitrogen and oxygen atoms in total. The lowest BCUT2D eigenvalue weighted by atomic mass is 10.0. The van der Waals surface area contributed by atoms with Crippen LogP contribution in [0.5, 0.6) is 11.5 Å². The zero-order valence-electron chi connectivity index (χ0n) is 11.5. The number of aryl methyl sites for hydroxylation is 1. The van der Waals surface area contributed by atoms with Gasteiger partial charge in [0.25, 0.3) is 0 Å². The summed E-state index contributed by atoms with van der Waals surface area (Å²) in [6, 6.07) is 7.63. The molecule has 0 saturated heterocycles. The Morgan fingerprint density at radius 3 is 2.53 bits per heavy atom. The number of rotatable bonds is 5. The van der Waals surface area contributed by atoms with E-state index in [1.807, 2.05) is 37.5 Å². The van der Waals surface area contributed by atoms with Crippen molar-refractivity contribution in [2.75, 3.05) is 14.2 Å². The zero-order valence-corrected chi connectivity index (χ0v) is 11.5. The van der Waals surface area contributed by atoms with Crippen molar-refractivity contribution in [2.45, 2.75) is 12.5 Å². The van der Waals surface area contributed by atoms with E-state index in [1.165, 1.54) is 0 Å². The second-order valence-electron chi connectivity index (χ2n) is 4.41. The van der Waals surface area contributed by atoms with Gasteiger partial charge in [-0.15, -0.1) is 0 Å². The molecule has 1 aromatic carbocycles. The molecule has 0 aliphatic carbocycles. The molecule has 2 N–H and O–H groups in total. The Balaban J connectivity index is 2.14. The fourth-order valence-corrected chi connectivity index (χ4v) is 2.00. The third-order valence-electron chi connectivity index (χ3n) is 3.02. The van der Waals surface area contributed by atoms with Gasteiger partial charge in [-0.25, -0.2) is 0 Å². The molecule has 2 aromatic rings. The van der Waals surface area contributed by atoms with Crippen LogP contribution in [0.3, 0.4) is 0 Å². The van der Waals surface area contributed by atoms with E-state index in [4.69, 9.17) is 15.2 Å².